The molecule has 2 aromatic carbocycles. The van der Waals surface area contributed by atoms with Crippen molar-refractivity contribution in [2.75, 3.05) is 14.2 Å². The molecule has 2 atom stereocenters. The zero-order chi connectivity index (χ0) is 24.4. The Kier molecular flexibility index (Phi) is 6.77. The van der Waals surface area contributed by atoms with Gasteiger partial charge in [-0.05, 0) is 54.1 Å². The average Bonchev–Trinajstić information content (AvgIpc) is 3.62. The van der Waals surface area contributed by atoms with Gasteiger partial charge in [-0.3, -0.25) is 9.59 Å². The zero-order valence-corrected chi connectivity index (χ0v) is 20.8. The van der Waals surface area contributed by atoms with Crippen molar-refractivity contribution in [3.63, 3.8) is 0 Å². The lowest BCUT2D eigenvalue weighted by Gasteiger charge is -2.44. The molecular weight excluding hydrogens is 460 g/mol. The predicted molar refractivity (Wildman–Crippen MR) is 136 cm³/mol. The molecule has 7 heteroatoms. The molecule has 5 rings (SSSR count). The van der Waals surface area contributed by atoms with E-state index in [1.165, 1.54) is 0 Å². The number of benzene rings is 2. The molecule has 1 saturated carbocycles. The van der Waals surface area contributed by atoms with E-state index in [2.05, 4.69) is 5.32 Å². The minimum atomic E-state index is -0.500. The van der Waals surface area contributed by atoms with Crippen molar-refractivity contribution in [3.05, 3.63) is 81.5 Å². The summed E-state index contributed by atoms with van der Waals surface area (Å²) in [7, 11) is 3.23. The Bertz CT molecular complexity index is 1200. The van der Waals surface area contributed by atoms with Gasteiger partial charge in [-0.15, -0.1) is 11.3 Å². The van der Waals surface area contributed by atoms with Gasteiger partial charge >= 0.3 is 0 Å². The summed E-state index contributed by atoms with van der Waals surface area (Å²) < 4.78 is 10.9. The van der Waals surface area contributed by atoms with E-state index >= 15 is 0 Å². The second-order valence-electron chi connectivity index (χ2n) is 9.07. The molecule has 35 heavy (non-hydrogen) atoms. The Morgan fingerprint density at radius 1 is 1.06 bits per heavy atom. The molecule has 2 amide bonds. The molecule has 3 aromatic rings. The summed E-state index contributed by atoms with van der Waals surface area (Å²) >= 11 is 1.60. The molecule has 0 saturated heterocycles. The number of ether oxygens (including phenoxy) is 2. The summed E-state index contributed by atoms with van der Waals surface area (Å²) in [5, 5.41) is 5.16. The molecule has 0 bridgehead atoms. The van der Waals surface area contributed by atoms with E-state index in [4.69, 9.17) is 9.47 Å². The van der Waals surface area contributed by atoms with Crippen molar-refractivity contribution in [1.82, 2.24) is 10.2 Å². The molecule has 182 valence electrons. The highest BCUT2D eigenvalue weighted by Gasteiger charge is 2.47. The number of fused-ring (bicyclic) bond motifs is 1. The molecule has 0 radical (unpaired) electrons. The Labute approximate surface area is 209 Å². The first-order valence-corrected chi connectivity index (χ1v) is 12.9. The molecule has 6 nitrogen and oxygen atoms in total. The molecule has 1 fully saturated rings. The number of hydrogen-bond donors (Lipinski definition) is 1. The highest BCUT2D eigenvalue weighted by molar-refractivity contribution is 7.10. The number of rotatable bonds is 7. The standard InChI is InChI=1S/C28H30N2O4S/c1-33-20-13-14-23(34-2)18(16-20)17-29-27(31)25-21-10-5-6-11-22(21)28(32)30(19-8-3-4-9-19)26(25)24-12-7-15-35-24/h5-7,10-16,19,25-26H,3-4,8-9,17H2,1-2H3,(H,29,31)/t25-,26+/m0/s1. The minimum absolute atomic E-state index is 0.0319. The van der Waals surface area contributed by atoms with Crippen molar-refractivity contribution < 1.29 is 19.1 Å². The van der Waals surface area contributed by atoms with Gasteiger partial charge in [0.15, 0.2) is 0 Å². The smallest absolute Gasteiger partial charge is 0.254 e. The third-order valence-corrected chi connectivity index (χ3v) is 8.10. The monoisotopic (exact) mass is 490 g/mol. The van der Waals surface area contributed by atoms with Crippen LogP contribution in [-0.2, 0) is 11.3 Å². The summed E-state index contributed by atoms with van der Waals surface area (Å²) in [6.07, 6.45) is 4.18. The molecule has 1 N–H and O–H groups in total. The van der Waals surface area contributed by atoms with E-state index in [9.17, 15) is 9.59 Å². The number of carbonyl (C=O) groups is 2. The number of thiophene rings is 1. The van der Waals surface area contributed by atoms with Crippen LogP contribution < -0.4 is 14.8 Å². The average molecular weight is 491 g/mol. The molecule has 0 spiro atoms. The normalized spacial score (nSPS) is 19.9. The van der Waals surface area contributed by atoms with Crippen LogP contribution in [0.1, 0.15) is 64.0 Å². The number of nitrogens with zero attached hydrogens (tertiary/aromatic N) is 1. The van der Waals surface area contributed by atoms with Gasteiger partial charge in [-0.1, -0.05) is 37.1 Å². The first kappa shape index (κ1) is 23.4. The van der Waals surface area contributed by atoms with Gasteiger partial charge in [0, 0.05) is 28.6 Å². The lowest BCUT2D eigenvalue weighted by molar-refractivity contribution is -0.124. The fourth-order valence-corrected chi connectivity index (χ4v) is 6.35. The van der Waals surface area contributed by atoms with Gasteiger partial charge in [0.25, 0.3) is 5.91 Å². The second kappa shape index (κ2) is 10.1. The third kappa shape index (κ3) is 4.41. The Morgan fingerprint density at radius 2 is 1.86 bits per heavy atom. The van der Waals surface area contributed by atoms with Gasteiger partial charge in [0.05, 0.1) is 26.2 Å². The van der Waals surface area contributed by atoms with Gasteiger partial charge in [-0.25, -0.2) is 0 Å². The molecular formula is C28H30N2O4S. The summed E-state index contributed by atoms with van der Waals surface area (Å²) in [5.74, 6) is 0.820. The van der Waals surface area contributed by atoms with Crippen LogP contribution in [0, 0.1) is 0 Å². The van der Waals surface area contributed by atoms with Crippen LogP contribution in [0.3, 0.4) is 0 Å². The van der Waals surface area contributed by atoms with Crippen molar-refractivity contribution in [1.29, 1.82) is 0 Å². The van der Waals surface area contributed by atoms with E-state index in [0.717, 1.165) is 41.7 Å². The van der Waals surface area contributed by atoms with Crippen molar-refractivity contribution in [3.8, 4) is 11.5 Å². The fraction of sp³-hybridized carbons (Fsp3) is 0.357. The van der Waals surface area contributed by atoms with Crippen LogP contribution in [0.15, 0.2) is 60.0 Å². The third-order valence-electron chi connectivity index (χ3n) is 7.15. The Morgan fingerprint density at radius 3 is 2.57 bits per heavy atom. The van der Waals surface area contributed by atoms with E-state index in [-0.39, 0.29) is 23.9 Å². The lowest BCUT2D eigenvalue weighted by Crippen LogP contribution is -2.50. The zero-order valence-electron chi connectivity index (χ0n) is 20.0. The quantitative estimate of drug-likeness (QED) is 0.488. The number of carbonyl (C=O) groups excluding carboxylic acids is 2. The van der Waals surface area contributed by atoms with Gasteiger partial charge in [-0.2, -0.15) is 0 Å². The fourth-order valence-electron chi connectivity index (χ4n) is 5.49. The van der Waals surface area contributed by atoms with Gasteiger partial charge < -0.3 is 19.7 Å². The largest absolute Gasteiger partial charge is 0.497 e. The maximum Gasteiger partial charge on any atom is 0.254 e. The molecule has 1 aliphatic carbocycles. The molecule has 2 heterocycles. The maximum atomic E-state index is 13.9. The van der Waals surface area contributed by atoms with Crippen LogP contribution in [0.5, 0.6) is 11.5 Å². The first-order valence-electron chi connectivity index (χ1n) is 12.1. The minimum Gasteiger partial charge on any atom is -0.497 e. The number of nitrogens with one attached hydrogen (secondary N) is 1. The van der Waals surface area contributed by atoms with Gasteiger partial charge in [0.1, 0.15) is 11.5 Å². The topological polar surface area (TPSA) is 67.9 Å². The predicted octanol–water partition coefficient (Wildman–Crippen LogP) is 5.31. The SMILES string of the molecule is COc1ccc(OC)c(CNC(=O)[C@H]2c3ccccc3C(=O)N(C3CCCC3)[C@@H]2c2cccs2)c1. The van der Waals surface area contributed by atoms with Crippen LogP contribution in [0.25, 0.3) is 0 Å². The van der Waals surface area contributed by atoms with Crippen molar-refractivity contribution in [2.24, 2.45) is 0 Å². The number of methoxy groups -OCH3 is 2. The van der Waals surface area contributed by atoms with E-state index in [1.54, 1.807) is 25.6 Å². The number of hydrogen-bond acceptors (Lipinski definition) is 5. The summed E-state index contributed by atoms with van der Waals surface area (Å²) in [4.78, 5) is 30.8. The summed E-state index contributed by atoms with van der Waals surface area (Å²) in [6.45, 7) is 0.298. The number of amides is 2. The van der Waals surface area contributed by atoms with E-state index in [1.807, 2.05) is 64.9 Å². The summed E-state index contributed by atoms with van der Waals surface area (Å²) in [5.41, 5.74) is 2.26. The van der Waals surface area contributed by atoms with Crippen molar-refractivity contribution in [2.45, 2.75) is 50.2 Å². The highest BCUT2D eigenvalue weighted by Crippen LogP contribution is 2.47. The maximum absolute atomic E-state index is 13.9. The Hall–Kier alpha value is -3.32. The van der Waals surface area contributed by atoms with E-state index in [0.29, 0.717) is 23.6 Å². The van der Waals surface area contributed by atoms with Crippen LogP contribution in [0.2, 0.25) is 0 Å². The van der Waals surface area contributed by atoms with Crippen LogP contribution >= 0.6 is 11.3 Å². The van der Waals surface area contributed by atoms with Crippen LogP contribution in [0.4, 0.5) is 0 Å². The lowest BCUT2D eigenvalue weighted by atomic mass is 9.80. The molecule has 1 aliphatic heterocycles. The first-order chi connectivity index (χ1) is 17.1. The van der Waals surface area contributed by atoms with Crippen molar-refractivity contribution >= 4 is 23.2 Å². The second-order valence-corrected chi connectivity index (χ2v) is 10.1. The summed E-state index contributed by atoms with van der Waals surface area (Å²) in [6, 6.07) is 17.0. The molecule has 0 unspecified atom stereocenters. The Balaban J connectivity index is 1.53. The molecule has 1 aromatic heterocycles. The van der Waals surface area contributed by atoms with E-state index < -0.39 is 5.92 Å². The van der Waals surface area contributed by atoms with Gasteiger partial charge in [0.2, 0.25) is 5.91 Å². The highest BCUT2D eigenvalue weighted by atomic mass is 32.1. The molecule has 2 aliphatic rings. The van der Waals surface area contributed by atoms with Crippen LogP contribution in [-0.4, -0.2) is 37.0 Å².